The molecule has 2 aliphatic rings. The van der Waals surface area contributed by atoms with Crippen LogP contribution in [-0.2, 0) is 10.0 Å². The number of hydrogen-bond acceptors (Lipinski definition) is 5. The minimum absolute atomic E-state index is 0.166. The minimum atomic E-state index is -3.58. The summed E-state index contributed by atoms with van der Waals surface area (Å²) in [7, 11) is -3.58. The number of para-hydroxylation sites is 1. The molecular formula is C19H23N3O3S2. The maximum atomic E-state index is 13.0. The van der Waals surface area contributed by atoms with Crippen molar-refractivity contribution in [3.8, 4) is 0 Å². The number of hydrogen-bond donors (Lipinski definition) is 1. The number of likely N-dealkylation sites (tertiary alicyclic amines) is 1. The molecule has 0 spiro atoms. The van der Waals surface area contributed by atoms with Crippen LogP contribution >= 0.6 is 11.3 Å². The molecule has 0 radical (unpaired) electrons. The van der Waals surface area contributed by atoms with Gasteiger partial charge in [0.05, 0.1) is 0 Å². The zero-order valence-electron chi connectivity index (χ0n) is 15.0. The average molecular weight is 406 g/mol. The van der Waals surface area contributed by atoms with Gasteiger partial charge in [0.1, 0.15) is 9.77 Å². The van der Waals surface area contributed by atoms with Crippen molar-refractivity contribution in [1.29, 1.82) is 0 Å². The molecule has 4 rings (SSSR count). The fourth-order valence-corrected chi connectivity index (χ4v) is 6.58. The average Bonchev–Trinajstić information content (AvgIpc) is 3.42. The summed E-state index contributed by atoms with van der Waals surface area (Å²) in [6.45, 7) is 2.29. The van der Waals surface area contributed by atoms with Gasteiger partial charge in [-0.1, -0.05) is 18.2 Å². The molecule has 1 N–H and O–H groups in total. The molecule has 1 aromatic heterocycles. The van der Waals surface area contributed by atoms with Gasteiger partial charge in [-0.05, 0) is 42.8 Å². The lowest BCUT2D eigenvalue weighted by Crippen LogP contribution is -2.33. The summed E-state index contributed by atoms with van der Waals surface area (Å²) in [6.07, 6.45) is 2.61. The van der Waals surface area contributed by atoms with Crippen molar-refractivity contribution in [2.75, 3.05) is 31.5 Å². The zero-order chi connectivity index (χ0) is 18.9. The van der Waals surface area contributed by atoms with Gasteiger partial charge in [0.25, 0.3) is 5.91 Å². The molecule has 2 saturated heterocycles. The molecule has 1 unspecified atom stereocenters. The van der Waals surface area contributed by atoms with E-state index in [9.17, 15) is 13.2 Å². The Balaban J connectivity index is 1.47. The van der Waals surface area contributed by atoms with Gasteiger partial charge in [0, 0.05) is 37.9 Å². The molecule has 1 atom stereocenters. The molecule has 8 heteroatoms. The highest BCUT2D eigenvalue weighted by atomic mass is 32.2. The third-order valence-corrected chi connectivity index (χ3v) is 8.10. The van der Waals surface area contributed by atoms with Crippen LogP contribution in [-0.4, -0.2) is 55.8 Å². The van der Waals surface area contributed by atoms with Crippen molar-refractivity contribution in [3.05, 3.63) is 46.7 Å². The van der Waals surface area contributed by atoms with E-state index in [-0.39, 0.29) is 16.8 Å². The molecular weight excluding hydrogens is 382 g/mol. The van der Waals surface area contributed by atoms with E-state index in [1.165, 1.54) is 15.6 Å². The van der Waals surface area contributed by atoms with Gasteiger partial charge in [-0.3, -0.25) is 4.79 Å². The van der Waals surface area contributed by atoms with Crippen molar-refractivity contribution in [1.82, 2.24) is 9.21 Å². The first-order valence-electron chi connectivity index (χ1n) is 9.24. The number of benzene rings is 1. The lowest BCUT2D eigenvalue weighted by atomic mass is 10.2. The number of sulfonamides is 1. The Morgan fingerprint density at radius 1 is 1.07 bits per heavy atom. The van der Waals surface area contributed by atoms with Crippen LogP contribution in [0.2, 0.25) is 0 Å². The fourth-order valence-electron chi connectivity index (χ4n) is 3.70. The lowest BCUT2D eigenvalue weighted by molar-refractivity contribution is 0.0793. The van der Waals surface area contributed by atoms with Crippen LogP contribution in [0, 0.1) is 0 Å². The summed E-state index contributed by atoms with van der Waals surface area (Å²) in [4.78, 5) is 15.3. The highest BCUT2D eigenvalue weighted by Gasteiger charge is 2.35. The van der Waals surface area contributed by atoms with Gasteiger partial charge in [0.15, 0.2) is 0 Å². The molecule has 144 valence electrons. The number of carbonyl (C=O) groups is 1. The van der Waals surface area contributed by atoms with Gasteiger partial charge in [-0.15, -0.1) is 11.3 Å². The Hall–Kier alpha value is -1.90. The molecule has 27 heavy (non-hydrogen) atoms. The predicted octanol–water partition coefficient (Wildman–Crippen LogP) is 2.86. The van der Waals surface area contributed by atoms with Gasteiger partial charge >= 0.3 is 0 Å². The molecule has 0 bridgehead atoms. The highest BCUT2D eigenvalue weighted by molar-refractivity contribution is 7.89. The third-order valence-electron chi connectivity index (χ3n) is 5.13. The van der Waals surface area contributed by atoms with E-state index in [1.807, 2.05) is 30.3 Å². The van der Waals surface area contributed by atoms with Crippen molar-refractivity contribution in [3.63, 3.8) is 0 Å². The van der Waals surface area contributed by atoms with Gasteiger partial charge in [-0.2, -0.15) is 4.31 Å². The first-order valence-corrected chi connectivity index (χ1v) is 11.6. The van der Waals surface area contributed by atoms with Gasteiger partial charge in [-0.25, -0.2) is 8.42 Å². The van der Waals surface area contributed by atoms with Crippen LogP contribution in [0.25, 0.3) is 0 Å². The summed E-state index contributed by atoms with van der Waals surface area (Å²) in [6, 6.07) is 11.7. The first-order chi connectivity index (χ1) is 13.1. The SMILES string of the molecule is O=C(c1sccc1S(=O)(=O)N1CCCC1)N1CCC(Nc2ccccc2)C1. The van der Waals surface area contributed by atoms with Crippen LogP contribution in [0.15, 0.2) is 46.7 Å². The van der Waals surface area contributed by atoms with Crippen LogP contribution in [0.1, 0.15) is 28.9 Å². The largest absolute Gasteiger partial charge is 0.380 e. The van der Waals surface area contributed by atoms with Gasteiger partial charge in [0.2, 0.25) is 10.0 Å². The smallest absolute Gasteiger partial charge is 0.265 e. The molecule has 1 aromatic carbocycles. The Kier molecular flexibility index (Phi) is 5.21. The second-order valence-electron chi connectivity index (χ2n) is 6.97. The third kappa shape index (κ3) is 3.74. The summed E-state index contributed by atoms with van der Waals surface area (Å²) in [5.74, 6) is -0.180. The minimum Gasteiger partial charge on any atom is -0.380 e. The van der Waals surface area contributed by atoms with E-state index in [0.29, 0.717) is 31.1 Å². The number of nitrogens with zero attached hydrogens (tertiary/aromatic N) is 2. The zero-order valence-corrected chi connectivity index (χ0v) is 16.6. The Bertz CT molecular complexity index is 905. The summed E-state index contributed by atoms with van der Waals surface area (Å²) < 4.78 is 27.3. The molecule has 3 heterocycles. The standard InChI is InChI=1S/C19H23N3O3S2/c23-19(21-12-8-16(14-21)20-15-6-2-1-3-7-15)18-17(9-13-26-18)27(24,25)22-10-4-5-11-22/h1-3,6-7,9,13,16,20H,4-5,8,10-12,14H2. The van der Waals surface area contributed by atoms with Crippen molar-refractivity contribution < 1.29 is 13.2 Å². The van der Waals surface area contributed by atoms with Gasteiger partial charge < -0.3 is 10.2 Å². The molecule has 0 saturated carbocycles. The molecule has 0 aliphatic carbocycles. The number of thiophene rings is 1. The summed E-state index contributed by atoms with van der Waals surface area (Å²) in [5.41, 5.74) is 1.03. The van der Waals surface area contributed by atoms with E-state index in [1.54, 1.807) is 16.3 Å². The Morgan fingerprint density at radius 2 is 1.81 bits per heavy atom. The normalized spacial score (nSPS) is 20.9. The van der Waals surface area contributed by atoms with Crippen molar-refractivity contribution in [2.45, 2.75) is 30.2 Å². The van der Waals surface area contributed by atoms with E-state index in [4.69, 9.17) is 0 Å². The Morgan fingerprint density at radius 3 is 2.56 bits per heavy atom. The second kappa shape index (κ2) is 7.61. The number of rotatable bonds is 5. The number of nitrogens with one attached hydrogen (secondary N) is 1. The monoisotopic (exact) mass is 405 g/mol. The van der Waals surface area contributed by atoms with Crippen LogP contribution < -0.4 is 5.32 Å². The summed E-state index contributed by atoms with van der Waals surface area (Å²) >= 11 is 1.22. The van der Waals surface area contributed by atoms with E-state index >= 15 is 0 Å². The quantitative estimate of drug-likeness (QED) is 0.830. The molecule has 1 amide bonds. The van der Waals surface area contributed by atoms with E-state index in [0.717, 1.165) is 24.9 Å². The molecule has 2 aromatic rings. The summed E-state index contributed by atoms with van der Waals surface area (Å²) in [5, 5.41) is 5.14. The first kappa shape index (κ1) is 18.5. The molecule has 2 fully saturated rings. The van der Waals surface area contributed by atoms with E-state index in [2.05, 4.69) is 5.32 Å². The van der Waals surface area contributed by atoms with Crippen molar-refractivity contribution >= 4 is 33.0 Å². The van der Waals surface area contributed by atoms with Crippen molar-refractivity contribution in [2.24, 2.45) is 0 Å². The highest BCUT2D eigenvalue weighted by Crippen LogP contribution is 2.29. The Labute approximate surface area is 163 Å². The molecule has 6 nitrogen and oxygen atoms in total. The molecule has 2 aliphatic heterocycles. The second-order valence-corrected chi connectivity index (χ2v) is 9.79. The maximum Gasteiger partial charge on any atom is 0.265 e. The van der Waals surface area contributed by atoms with Crippen LogP contribution in [0.5, 0.6) is 0 Å². The van der Waals surface area contributed by atoms with Crippen LogP contribution in [0.3, 0.4) is 0 Å². The topological polar surface area (TPSA) is 69.7 Å². The maximum absolute atomic E-state index is 13.0. The van der Waals surface area contributed by atoms with Crippen LogP contribution in [0.4, 0.5) is 5.69 Å². The fraction of sp³-hybridized carbons (Fsp3) is 0.421. The lowest BCUT2D eigenvalue weighted by Gasteiger charge is -2.19. The number of carbonyl (C=O) groups excluding carboxylic acids is 1. The predicted molar refractivity (Wildman–Crippen MR) is 107 cm³/mol. The number of anilines is 1. The van der Waals surface area contributed by atoms with E-state index < -0.39 is 10.0 Å². The number of amides is 1.